The van der Waals surface area contributed by atoms with E-state index >= 15 is 0 Å². The summed E-state index contributed by atoms with van der Waals surface area (Å²) in [4.78, 5) is 17.0. The van der Waals surface area contributed by atoms with Crippen molar-refractivity contribution < 1.29 is 30.5 Å². The lowest BCUT2D eigenvalue weighted by molar-refractivity contribution is -0.0316. The Morgan fingerprint density at radius 1 is 1.35 bits per heavy atom. The molecule has 2 fully saturated rings. The molecule has 14 heteroatoms. The quantitative estimate of drug-likeness (QED) is 0.329. The van der Waals surface area contributed by atoms with Gasteiger partial charge in [0.05, 0.1) is 12.1 Å². The summed E-state index contributed by atoms with van der Waals surface area (Å²) < 4.78 is 61.4. The second kappa shape index (κ2) is 6.46. The third-order valence-corrected chi connectivity index (χ3v) is 5.72. The molecule has 2 aliphatic rings. The van der Waals surface area contributed by atoms with E-state index in [-0.39, 0.29) is 24.3 Å². The highest BCUT2D eigenvalue weighted by molar-refractivity contribution is 7.90. The summed E-state index contributed by atoms with van der Waals surface area (Å²) in [5.41, 5.74) is 0. The number of hydrogen-bond acceptors (Lipinski definition) is 8. The molecule has 3 heterocycles. The summed E-state index contributed by atoms with van der Waals surface area (Å²) in [5, 5.41) is 8.57. The first kappa shape index (κ1) is 18.5. The topological polar surface area (TPSA) is 170 Å². The van der Waals surface area contributed by atoms with Gasteiger partial charge in [-0.05, 0) is 25.0 Å². The zero-order chi connectivity index (χ0) is 19.1. The monoisotopic (exact) mass is 405 g/mol. The lowest BCUT2D eigenvalue weighted by Gasteiger charge is -2.30. The molecule has 2 amide bonds. The number of urea groups is 1. The standard InChI is InChI=1S/C12H15N5O7S2/c13-11(15-25(19,20)9-2-1-5-14-6-9)10-4-3-8-7-16(10)12(18)17(8)24-26(21,22)23/h1-2,5-6,8,10H,3-4,7H2,(H2,13,15)(H,21,22,23)/t8-,10+/m1/s1. The fourth-order valence-electron chi connectivity index (χ4n) is 2.91. The van der Waals surface area contributed by atoms with E-state index in [1.165, 1.54) is 18.3 Å². The van der Waals surface area contributed by atoms with Crippen molar-refractivity contribution in [2.24, 2.45) is 0 Å². The van der Waals surface area contributed by atoms with Crippen LogP contribution in [-0.4, -0.2) is 66.8 Å². The molecule has 3 rings (SSSR count). The first-order valence-electron chi connectivity index (χ1n) is 7.36. The van der Waals surface area contributed by atoms with Gasteiger partial charge in [-0.1, -0.05) is 0 Å². The number of aromatic nitrogens is 1. The molecule has 0 spiro atoms. The Morgan fingerprint density at radius 3 is 2.69 bits per heavy atom. The Balaban J connectivity index is 1.75. The van der Waals surface area contributed by atoms with Crippen molar-refractivity contribution in [3.8, 4) is 0 Å². The summed E-state index contributed by atoms with van der Waals surface area (Å²) in [7, 11) is -8.92. The molecule has 1 aromatic rings. The number of sulfonamides is 1. The molecular formula is C12H15N5O7S2. The van der Waals surface area contributed by atoms with Gasteiger partial charge in [0.25, 0.3) is 10.0 Å². The SMILES string of the molecule is N=C(NS(=O)(=O)c1cccnc1)[C@@H]1CC[C@@H]2CN1C(=O)N2OS(=O)(=O)O. The average Bonchev–Trinajstić information content (AvgIpc) is 2.79. The van der Waals surface area contributed by atoms with E-state index in [4.69, 9.17) is 9.96 Å². The van der Waals surface area contributed by atoms with Crippen LogP contribution in [0.5, 0.6) is 0 Å². The molecule has 1 aromatic heterocycles. The molecule has 0 aromatic carbocycles. The van der Waals surface area contributed by atoms with E-state index in [1.54, 1.807) is 0 Å². The van der Waals surface area contributed by atoms with E-state index in [9.17, 15) is 21.6 Å². The maximum absolute atomic E-state index is 12.3. The third-order valence-electron chi connectivity index (χ3n) is 4.02. The zero-order valence-electron chi connectivity index (χ0n) is 13.1. The Hall–Kier alpha value is -2.29. The maximum atomic E-state index is 12.3. The second-order valence-corrected chi connectivity index (χ2v) is 8.40. The van der Waals surface area contributed by atoms with Gasteiger partial charge in [0.15, 0.2) is 0 Å². The number of amides is 2. The minimum atomic E-state index is -4.88. The van der Waals surface area contributed by atoms with Crippen LogP contribution in [0.1, 0.15) is 12.8 Å². The number of hydrogen-bond donors (Lipinski definition) is 3. The van der Waals surface area contributed by atoms with E-state index in [1.807, 2.05) is 0 Å². The van der Waals surface area contributed by atoms with Gasteiger partial charge in [0, 0.05) is 18.9 Å². The number of carbonyl (C=O) groups excluding carboxylic acids is 1. The Kier molecular flexibility index (Phi) is 4.60. The number of nitrogens with zero attached hydrogens (tertiary/aromatic N) is 3. The summed E-state index contributed by atoms with van der Waals surface area (Å²) in [6.45, 7) is 0.0377. The first-order valence-corrected chi connectivity index (χ1v) is 10.2. The smallest absolute Gasteiger partial charge is 0.310 e. The number of rotatable bonds is 5. The summed E-state index contributed by atoms with van der Waals surface area (Å²) in [6.07, 6.45) is 3.00. The molecule has 2 saturated heterocycles. The molecule has 12 nitrogen and oxygen atoms in total. The van der Waals surface area contributed by atoms with Crippen LogP contribution in [0.4, 0.5) is 4.79 Å². The molecule has 0 saturated carbocycles. The molecule has 2 aliphatic heterocycles. The predicted molar refractivity (Wildman–Crippen MR) is 85.7 cm³/mol. The minimum absolute atomic E-state index is 0.0377. The van der Waals surface area contributed by atoms with Crippen LogP contribution in [0, 0.1) is 5.41 Å². The number of carbonyl (C=O) groups is 1. The largest absolute Gasteiger partial charge is 0.418 e. The highest BCUT2D eigenvalue weighted by Crippen LogP contribution is 2.31. The van der Waals surface area contributed by atoms with Gasteiger partial charge in [-0.25, -0.2) is 13.2 Å². The molecule has 26 heavy (non-hydrogen) atoms. The second-order valence-electron chi connectivity index (χ2n) is 5.72. The highest BCUT2D eigenvalue weighted by Gasteiger charge is 2.48. The fraction of sp³-hybridized carbons (Fsp3) is 0.417. The number of pyridine rings is 1. The zero-order valence-corrected chi connectivity index (χ0v) is 14.8. The number of amidine groups is 1. The van der Waals surface area contributed by atoms with E-state index in [0.717, 1.165) is 11.1 Å². The molecule has 142 valence electrons. The van der Waals surface area contributed by atoms with Crippen LogP contribution in [0.25, 0.3) is 0 Å². The molecule has 2 bridgehead atoms. The van der Waals surface area contributed by atoms with E-state index < -0.39 is 44.4 Å². The van der Waals surface area contributed by atoms with Gasteiger partial charge in [0.2, 0.25) is 0 Å². The van der Waals surface area contributed by atoms with Gasteiger partial charge in [-0.15, -0.1) is 4.28 Å². The van der Waals surface area contributed by atoms with E-state index in [0.29, 0.717) is 5.06 Å². The summed E-state index contributed by atoms with van der Waals surface area (Å²) in [5.74, 6) is -0.436. The molecule has 2 atom stereocenters. The van der Waals surface area contributed by atoms with Crippen LogP contribution in [0.3, 0.4) is 0 Å². The molecule has 3 N–H and O–H groups in total. The van der Waals surface area contributed by atoms with Crippen LogP contribution in [-0.2, 0) is 24.7 Å². The van der Waals surface area contributed by atoms with Gasteiger partial charge in [0.1, 0.15) is 10.7 Å². The normalized spacial score (nSPS) is 23.2. The van der Waals surface area contributed by atoms with Crippen molar-refractivity contribution in [2.75, 3.05) is 6.54 Å². The Bertz CT molecular complexity index is 934. The maximum Gasteiger partial charge on any atom is 0.418 e. The van der Waals surface area contributed by atoms with Crippen molar-refractivity contribution in [2.45, 2.75) is 29.8 Å². The molecule has 0 unspecified atom stereocenters. The third kappa shape index (κ3) is 3.62. The first-order chi connectivity index (χ1) is 12.1. The van der Waals surface area contributed by atoms with Crippen molar-refractivity contribution in [3.05, 3.63) is 24.5 Å². The van der Waals surface area contributed by atoms with Crippen molar-refractivity contribution in [1.29, 1.82) is 5.41 Å². The average molecular weight is 405 g/mol. The summed E-state index contributed by atoms with van der Waals surface area (Å²) in [6, 6.07) is 0.337. The molecule has 0 aliphatic carbocycles. The fourth-order valence-corrected chi connectivity index (χ4v) is 4.30. The van der Waals surface area contributed by atoms with Gasteiger partial charge < -0.3 is 4.90 Å². The van der Waals surface area contributed by atoms with Crippen molar-refractivity contribution in [1.82, 2.24) is 19.7 Å². The molecular weight excluding hydrogens is 390 g/mol. The van der Waals surface area contributed by atoms with Crippen molar-refractivity contribution in [3.63, 3.8) is 0 Å². The van der Waals surface area contributed by atoms with Gasteiger partial charge >= 0.3 is 16.4 Å². The van der Waals surface area contributed by atoms with Crippen LogP contribution in [0.2, 0.25) is 0 Å². The Morgan fingerprint density at radius 2 is 2.08 bits per heavy atom. The number of hydroxylamine groups is 2. The van der Waals surface area contributed by atoms with Gasteiger partial charge in [-0.2, -0.15) is 13.5 Å². The number of nitrogens with one attached hydrogen (secondary N) is 2. The molecule has 0 radical (unpaired) electrons. The number of piperidine rings is 1. The minimum Gasteiger partial charge on any atom is -0.310 e. The predicted octanol–water partition coefficient (Wildman–Crippen LogP) is -0.660. The lowest BCUT2D eigenvalue weighted by Crippen LogP contribution is -2.50. The number of fused-ring (bicyclic) bond motifs is 2. The van der Waals surface area contributed by atoms with Crippen LogP contribution < -0.4 is 4.72 Å². The van der Waals surface area contributed by atoms with Crippen molar-refractivity contribution >= 4 is 32.3 Å². The van der Waals surface area contributed by atoms with Crippen LogP contribution >= 0.6 is 0 Å². The van der Waals surface area contributed by atoms with Crippen LogP contribution in [0.15, 0.2) is 29.4 Å². The summed E-state index contributed by atoms with van der Waals surface area (Å²) >= 11 is 0. The highest BCUT2D eigenvalue weighted by atomic mass is 32.3. The lowest BCUT2D eigenvalue weighted by atomic mass is 10.0. The van der Waals surface area contributed by atoms with E-state index in [2.05, 4.69) is 14.0 Å². The van der Waals surface area contributed by atoms with Gasteiger partial charge in [-0.3, -0.25) is 19.7 Å². The Labute approximate surface area is 149 Å².